The van der Waals surface area contributed by atoms with Crippen LogP contribution in [0.15, 0.2) is 72.8 Å². The predicted molar refractivity (Wildman–Crippen MR) is 122 cm³/mol. The highest BCUT2D eigenvalue weighted by molar-refractivity contribution is 6.04. The van der Waals surface area contributed by atoms with Crippen molar-refractivity contribution in [3.8, 4) is 11.5 Å². The summed E-state index contributed by atoms with van der Waals surface area (Å²) in [5.41, 5.74) is 1.24. The van der Waals surface area contributed by atoms with E-state index in [1.165, 1.54) is 25.3 Å². The summed E-state index contributed by atoms with van der Waals surface area (Å²) in [6.07, 6.45) is 0.226. The summed E-state index contributed by atoms with van der Waals surface area (Å²) in [5.74, 6) is 0.261. The largest absolute Gasteiger partial charge is 0.493 e. The van der Waals surface area contributed by atoms with Crippen LogP contribution in [-0.4, -0.2) is 30.5 Å². The minimum atomic E-state index is -0.578. The molecule has 0 saturated heterocycles. The molecule has 3 rings (SSSR count). The van der Waals surface area contributed by atoms with Gasteiger partial charge >= 0.3 is 5.69 Å². The van der Waals surface area contributed by atoms with Gasteiger partial charge in [0.25, 0.3) is 5.91 Å². The molecule has 3 aromatic carbocycles. The van der Waals surface area contributed by atoms with Crippen LogP contribution in [0.4, 0.5) is 11.4 Å². The minimum absolute atomic E-state index is 0.107. The van der Waals surface area contributed by atoms with E-state index in [2.05, 4.69) is 10.6 Å². The number of nitro benzene ring substituents is 1. The van der Waals surface area contributed by atoms with E-state index in [4.69, 9.17) is 9.47 Å². The van der Waals surface area contributed by atoms with Gasteiger partial charge in [0.1, 0.15) is 5.75 Å². The molecule has 0 heterocycles. The molecule has 0 aliphatic rings. The SMILES string of the molecule is COc1ccc(NC(=O)c2ccc(CNC(=O)CCOc3ccccc3)cc2)cc1[N+](=O)[O-]. The number of carbonyl (C=O) groups is 2. The fourth-order valence-corrected chi connectivity index (χ4v) is 2.95. The molecule has 2 amide bonds. The second-order valence-corrected chi connectivity index (χ2v) is 6.98. The number of carbonyl (C=O) groups excluding carboxylic acids is 2. The molecule has 0 fully saturated rings. The number of hydrogen-bond acceptors (Lipinski definition) is 6. The van der Waals surface area contributed by atoms with Crippen LogP contribution in [0.25, 0.3) is 0 Å². The molecular formula is C24H23N3O6. The molecule has 0 unspecified atom stereocenters. The van der Waals surface area contributed by atoms with Crippen molar-refractivity contribution in [3.63, 3.8) is 0 Å². The van der Waals surface area contributed by atoms with E-state index in [1.54, 1.807) is 24.3 Å². The molecule has 170 valence electrons. The lowest BCUT2D eigenvalue weighted by molar-refractivity contribution is -0.385. The lowest BCUT2D eigenvalue weighted by atomic mass is 10.1. The summed E-state index contributed by atoms with van der Waals surface area (Å²) >= 11 is 0. The highest BCUT2D eigenvalue weighted by Crippen LogP contribution is 2.29. The number of rotatable bonds is 10. The van der Waals surface area contributed by atoms with Crippen molar-refractivity contribution in [1.29, 1.82) is 0 Å². The van der Waals surface area contributed by atoms with Gasteiger partial charge < -0.3 is 20.1 Å². The lowest BCUT2D eigenvalue weighted by Crippen LogP contribution is -2.24. The van der Waals surface area contributed by atoms with Crippen molar-refractivity contribution in [2.75, 3.05) is 19.0 Å². The highest BCUT2D eigenvalue weighted by atomic mass is 16.6. The summed E-state index contributed by atoms with van der Waals surface area (Å²) in [5, 5.41) is 16.6. The standard InChI is InChI=1S/C24H23N3O6/c1-32-22-12-11-19(15-21(22)27(30)31)26-24(29)18-9-7-17(8-10-18)16-25-23(28)13-14-33-20-5-3-2-4-6-20/h2-12,15H,13-14,16H2,1H3,(H,25,28)(H,26,29). The van der Waals surface area contributed by atoms with Crippen molar-refractivity contribution < 1.29 is 24.0 Å². The zero-order chi connectivity index (χ0) is 23.6. The van der Waals surface area contributed by atoms with Gasteiger partial charge in [0.15, 0.2) is 5.75 Å². The van der Waals surface area contributed by atoms with Crippen LogP contribution in [-0.2, 0) is 11.3 Å². The Bertz CT molecular complexity index is 1120. The second kappa shape index (κ2) is 11.3. The Balaban J connectivity index is 1.48. The quantitative estimate of drug-likeness (QED) is 0.357. The lowest BCUT2D eigenvalue weighted by Gasteiger charge is -2.09. The highest BCUT2D eigenvalue weighted by Gasteiger charge is 2.16. The molecule has 0 bridgehead atoms. The first-order valence-corrected chi connectivity index (χ1v) is 10.1. The molecule has 0 aliphatic carbocycles. The van der Waals surface area contributed by atoms with Crippen LogP contribution in [0.1, 0.15) is 22.3 Å². The monoisotopic (exact) mass is 449 g/mol. The number of hydrogen-bond donors (Lipinski definition) is 2. The summed E-state index contributed by atoms with van der Waals surface area (Å²) in [6.45, 7) is 0.592. The van der Waals surface area contributed by atoms with Crippen LogP contribution in [0.3, 0.4) is 0 Å². The molecule has 0 aliphatic heterocycles. The second-order valence-electron chi connectivity index (χ2n) is 6.98. The van der Waals surface area contributed by atoms with Gasteiger partial charge in [0.2, 0.25) is 5.91 Å². The fraction of sp³-hybridized carbons (Fsp3) is 0.167. The van der Waals surface area contributed by atoms with Crippen LogP contribution >= 0.6 is 0 Å². The average Bonchev–Trinajstić information content (AvgIpc) is 2.83. The summed E-state index contributed by atoms with van der Waals surface area (Å²) in [7, 11) is 1.34. The van der Waals surface area contributed by atoms with Crippen LogP contribution in [0.2, 0.25) is 0 Å². The Morgan fingerprint density at radius 2 is 1.73 bits per heavy atom. The fourth-order valence-electron chi connectivity index (χ4n) is 2.95. The van der Waals surface area contributed by atoms with Gasteiger partial charge in [-0.05, 0) is 42.0 Å². The summed E-state index contributed by atoms with van der Waals surface area (Å²) in [6, 6.07) is 20.1. The number of nitro groups is 1. The number of methoxy groups -OCH3 is 1. The molecule has 9 heteroatoms. The molecule has 0 aromatic heterocycles. The molecule has 0 spiro atoms. The van der Waals surface area contributed by atoms with E-state index in [9.17, 15) is 19.7 Å². The normalized spacial score (nSPS) is 10.2. The van der Waals surface area contributed by atoms with E-state index in [1.807, 2.05) is 30.3 Å². The summed E-state index contributed by atoms with van der Waals surface area (Å²) < 4.78 is 10.5. The van der Waals surface area contributed by atoms with Gasteiger partial charge in [-0.1, -0.05) is 30.3 Å². The molecule has 9 nitrogen and oxygen atoms in total. The molecule has 2 N–H and O–H groups in total. The van der Waals surface area contributed by atoms with Crippen molar-refractivity contribution in [2.45, 2.75) is 13.0 Å². The Morgan fingerprint density at radius 1 is 1.00 bits per heavy atom. The zero-order valence-corrected chi connectivity index (χ0v) is 17.9. The first-order chi connectivity index (χ1) is 16.0. The van der Waals surface area contributed by atoms with Crippen molar-refractivity contribution in [2.24, 2.45) is 0 Å². The average molecular weight is 449 g/mol. The zero-order valence-electron chi connectivity index (χ0n) is 17.9. The topological polar surface area (TPSA) is 120 Å². The third-order valence-corrected chi connectivity index (χ3v) is 4.68. The number of nitrogens with zero attached hydrogens (tertiary/aromatic N) is 1. The van der Waals surface area contributed by atoms with Gasteiger partial charge in [0, 0.05) is 23.9 Å². The molecule has 0 saturated carbocycles. The third kappa shape index (κ3) is 6.79. The number of benzene rings is 3. The third-order valence-electron chi connectivity index (χ3n) is 4.68. The molecule has 3 aromatic rings. The van der Waals surface area contributed by atoms with E-state index in [0.29, 0.717) is 17.9 Å². The van der Waals surface area contributed by atoms with E-state index in [0.717, 1.165) is 5.56 Å². The van der Waals surface area contributed by atoms with Crippen LogP contribution in [0.5, 0.6) is 11.5 Å². The smallest absolute Gasteiger partial charge is 0.312 e. The Morgan fingerprint density at radius 3 is 2.39 bits per heavy atom. The van der Waals surface area contributed by atoms with Crippen molar-refractivity contribution in [3.05, 3.63) is 94.0 Å². The van der Waals surface area contributed by atoms with E-state index < -0.39 is 10.8 Å². The van der Waals surface area contributed by atoms with Gasteiger partial charge in [-0.25, -0.2) is 0 Å². The van der Waals surface area contributed by atoms with Gasteiger partial charge in [-0.15, -0.1) is 0 Å². The number of nitrogens with one attached hydrogen (secondary N) is 2. The van der Waals surface area contributed by atoms with E-state index >= 15 is 0 Å². The maximum atomic E-state index is 12.5. The van der Waals surface area contributed by atoms with Gasteiger partial charge in [-0.3, -0.25) is 19.7 Å². The number of anilines is 1. The maximum absolute atomic E-state index is 12.5. The Hall–Kier alpha value is -4.40. The summed E-state index contributed by atoms with van der Waals surface area (Å²) in [4.78, 5) is 35.0. The number of para-hydroxylation sites is 1. The Kier molecular flexibility index (Phi) is 7.96. The predicted octanol–water partition coefficient (Wildman–Crippen LogP) is 3.94. The first-order valence-electron chi connectivity index (χ1n) is 10.1. The minimum Gasteiger partial charge on any atom is -0.493 e. The Labute approximate surface area is 190 Å². The molecule has 33 heavy (non-hydrogen) atoms. The van der Waals surface area contributed by atoms with Crippen LogP contribution < -0.4 is 20.1 Å². The number of ether oxygens (including phenoxy) is 2. The maximum Gasteiger partial charge on any atom is 0.312 e. The molecular weight excluding hydrogens is 426 g/mol. The van der Waals surface area contributed by atoms with Crippen LogP contribution in [0, 0.1) is 10.1 Å². The van der Waals surface area contributed by atoms with Crippen molar-refractivity contribution in [1.82, 2.24) is 5.32 Å². The van der Waals surface area contributed by atoms with Gasteiger partial charge in [-0.2, -0.15) is 0 Å². The number of amides is 2. The molecule has 0 radical (unpaired) electrons. The van der Waals surface area contributed by atoms with Gasteiger partial charge in [0.05, 0.1) is 25.1 Å². The molecule has 0 atom stereocenters. The van der Waals surface area contributed by atoms with E-state index in [-0.39, 0.29) is 36.1 Å². The first kappa shape index (κ1) is 23.3. The van der Waals surface area contributed by atoms with Crippen molar-refractivity contribution >= 4 is 23.2 Å².